The summed E-state index contributed by atoms with van der Waals surface area (Å²) in [4.78, 5) is 16.7. The van der Waals surface area contributed by atoms with Crippen LogP contribution in [0.3, 0.4) is 0 Å². The normalized spacial score (nSPS) is 12.4. The Morgan fingerprint density at radius 2 is 1.79 bits per heavy atom. The fraction of sp³-hybridized carbons (Fsp3) is 0.143. The second-order valence-corrected chi connectivity index (χ2v) is 8.86. The maximum Gasteiger partial charge on any atom is 0.252 e. The predicted molar refractivity (Wildman–Crippen MR) is 109 cm³/mol. The lowest BCUT2D eigenvalue weighted by atomic mass is 10.2. The Bertz CT molecular complexity index is 1070. The van der Waals surface area contributed by atoms with Gasteiger partial charge in [-0.05, 0) is 42.8 Å². The second-order valence-electron chi connectivity index (χ2n) is 6.32. The van der Waals surface area contributed by atoms with Crippen molar-refractivity contribution in [3.63, 3.8) is 0 Å². The number of halogens is 1. The Kier molecular flexibility index (Phi) is 6.11. The topological polar surface area (TPSA) is 76.1 Å². The molecule has 1 amide bonds. The smallest absolute Gasteiger partial charge is 0.252 e. The van der Waals surface area contributed by atoms with Crippen LogP contribution in [0.5, 0.6) is 0 Å². The van der Waals surface area contributed by atoms with Gasteiger partial charge in [0.05, 0.1) is 15.5 Å². The van der Waals surface area contributed by atoms with E-state index in [0.29, 0.717) is 16.1 Å². The van der Waals surface area contributed by atoms with Gasteiger partial charge in [0, 0.05) is 18.9 Å². The van der Waals surface area contributed by atoms with Crippen molar-refractivity contribution < 1.29 is 13.2 Å². The van der Waals surface area contributed by atoms with Crippen LogP contribution in [0.4, 0.5) is 0 Å². The van der Waals surface area contributed by atoms with E-state index >= 15 is 0 Å². The van der Waals surface area contributed by atoms with Crippen LogP contribution in [0.1, 0.15) is 26.7 Å². The Labute approximate surface area is 169 Å². The minimum absolute atomic E-state index is 0.105. The molecule has 3 rings (SSSR count). The summed E-state index contributed by atoms with van der Waals surface area (Å²) in [5, 5.41) is 2.02. The van der Waals surface area contributed by atoms with Gasteiger partial charge in [-0.3, -0.25) is 9.78 Å². The highest BCUT2D eigenvalue weighted by molar-refractivity contribution is 7.91. The van der Waals surface area contributed by atoms with Crippen molar-refractivity contribution in [3.05, 3.63) is 94.8 Å². The Morgan fingerprint density at radius 1 is 1.07 bits per heavy atom. The van der Waals surface area contributed by atoms with Gasteiger partial charge >= 0.3 is 0 Å². The van der Waals surface area contributed by atoms with Gasteiger partial charge in [-0.1, -0.05) is 47.5 Å². The molecule has 0 saturated heterocycles. The van der Waals surface area contributed by atoms with Crippen LogP contribution in [0.15, 0.2) is 78.0 Å². The maximum absolute atomic E-state index is 13.3. The first-order valence-electron chi connectivity index (χ1n) is 8.63. The molecule has 0 aliphatic carbocycles. The summed E-state index contributed by atoms with van der Waals surface area (Å²) in [6, 6.07) is 16.6. The molecule has 1 atom stereocenters. The minimum Gasteiger partial charge on any atom is -0.350 e. The monoisotopic (exact) mass is 414 g/mol. The fourth-order valence-electron chi connectivity index (χ4n) is 2.79. The highest BCUT2D eigenvalue weighted by Gasteiger charge is 2.30. The zero-order valence-corrected chi connectivity index (χ0v) is 16.7. The van der Waals surface area contributed by atoms with E-state index in [2.05, 4.69) is 10.3 Å². The van der Waals surface area contributed by atoms with Crippen LogP contribution in [0.2, 0.25) is 5.02 Å². The van der Waals surface area contributed by atoms with E-state index in [1.165, 1.54) is 6.20 Å². The van der Waals surface area contributed by atoms with Crippen molar-refractivity contribution in [2.75, 3.05) is 6.54 Å². The van der Waals surface area contributed by atoms with Gasteiger partial charge in [-0.2, -0.15) is 0 Å². The number of benzene rings is 2. The number of aromatic nitrogens is 1. The van der Waals surface area contributed by atoms with E-state index in [1.807, 2.05) is 6.92 Å². The molecular formula is C21H19ClN2O3S. The number of rotatable bonds is 6. The molecule has 5 nitrogen and oxygen atoms in total. The lowest BCUT2D eigenvalue weighted by Gasteiger charge is -2.19. The van der Waals surface area contributed by atoms with Crippen LogP contribution in [0.25, 0.3) is 0 Å². The molecule has 2 aromatic carbocycles. The van der Waals surface area contributed by atoms with E-state index in [9.17, 15) is 13.2 Å². The van der Waals surface area contributed by atoms with Crippen molar-refractivity contribution in [2.45, 2.75) is 17.1 Å². The molecule has 0 fully saturated rings. The SMILES string of the molecule is Cc1ccc(S(=O)(=O)[C@@H](CNC(=O)c2ccccc2Cl)c2cccnc2)cc1. The maximum atomic E-state index is 13.3. The summed E-state index contributed by atoms with van der Waals surface area (Å²) in [6.45, 7) is 1.78. The number of amides is 1. The summed E-state index contributed by atoms with van der Waals surface area (Å²) >= 11 is 6.06. The Balaban J connectivity index is 1.91. The number of nitrogens with one attached hydrogen (secondary N) is 1. The van der Waals surface area contributed by atoms with E-state index in [1.54, 1.807) is 66.9 Å². The van der Waals surface area contributed by atoms with E-state index in [4.69, 9.17) is 11.6 Å². The molecule has 0 spiro atoms. The first-order valence-corrected chi connectivity index (χ1v) is 10.6. The van der Waals surface area contributed by atoms with Crippen molar-refractivity contribution in [3.8, 4) is 0 Å². The molecule has 1 heterocycles. The molecule has 0 saturated carbocycles. The van der Waals surface area contributed by atoms with Crippen LogP contribution in [-0.4, -0.2) is 25.9 Å². The van der Waals surface area contributed by atoms with Gasteiger partial charge in [0.1, 0.15) is 5.25 Å². The molecule has 7 heteroatoms. The molecule has 28 heavy (non-hydrogen) atoms. The first kappa shape index (κ1) is 20.0. The number of aryl methyl sites for hydroxylation is 1. The Morgan fingerprint density at radius 3 is 2.43 bits per heavy atom. The molecule has 3 aromatic rings. The van der Waals surface area contributed by atoms with Crippen molar-refractivity contribution >= 4 is 27.3 Å². The molecule has 144 valence electrons. The van der Waals surface area contributed by atoms with Crippen molar-refractivity contribution in [2.24, 2.45) is 0 Å². The largest absolute Gasteiger partial charge is 0.350 e. The van der Waals surface area contributed by atoms with Crippen LogP contribution in [0, 0.1) is 6.92 Å². The summed E-state index contributed by atoms with van der Waals surface area (Å²) in [5.41, 5.74) is 1.76. The van der Waals surface area contributed by atoms with E-state index in [-0.39, 0.29) is 11.4 Å². The average Bonchev–Trinajstić information content (AvgIpc) is 2.69. The van der Waals surface area contributed by atoms with Crippen LogP contribution >= 0.6 is 11.6 Å². The van der Waals surface area contributed by atoms with Crippen molar-refractivity contribution in [1.29, 1.82) is 0 Å². The third-order valence-corrected chi connectivity index (χ3v) is 6.79. The first-order chi connectivity index (χ1) is 13.4. The summed E-state index contributed by atoms with van der Waals surface area (Å²) in [7, 11) is -3.75. The van der Waals surface area contributed by atoms with E-state index in [0.717, 1.165) is 5.56 Å². The summed E-state index contributed by atoms with van der Waals surface area (Å²) in [6.07, 6.45) is 3.07. The lowest BCUT2D eigenvalue weighted by Crippen LogP contribution is -2.32. The number of hydrogen-bond acceptors (Lipinski definition) is 4. The number of nitrogens with zero attached hydrogens (tertiary/aromatic N) is 1. The van der Waals surface area contributed by atoms with Gasteiger partial charge in [0.15, 0.2) is 9.84 Å². The van der Waals surface area contributed by atoms with Gasteiger partial charge < -0.3 is 5.32 Å². The predicted octanol–water partition coefficient (Wildman–Crippen LogP) is 3.99. The number of pyridine rings is 1. The standard InChI is InChI=1S/C21H19ClN2O3S/c1-15-8-10-17(11-9-15)28(26,27)20(16-5-4-12-23-13-16)14-24-21(25)18-6-2-3-7-19(18)22/h2-13,20H,14H2,1H3,(H,24,25)/t20-/m0/s1. The van der Waals surface area contributed by atoms with Gasteiger partial charge in [-0.25, -0.2) is 8.42 Å². The minimum atomic E-state index is -3.75. The summed E-state index contributed by atoms with van der Waals surface area (Å²) in [5.74, 6) is -0.432. The third kappa shape index (κ3) is 4.40. The van der Waals surface area contributed by atoms with Gasteiger partial charge in [0.2, 0.25) is 0 Å². The van der Waals surface area contributed by atoms with Gasteiger partial charge in [0.25, 0.3) is 5.91 Å². The third-order valence-electron chi connectivity index (χ3n) is 4.35. The molecule has 0 unspecified atom stereocenters. The zero-order chi connectivity index (χ0) is 20.1. The number of carbonyl (C=O) groups is 1. The van der Waals surface area contributed by atoms with Crippen LogP contribution in [-0.2, 0) is 9.84 Å². The fourth-order valence-corrected chi connectivity index (χ4v) is 4.66. The number of carbonyl (C=O) groups excluding carboxylic acids is 1. The zero-order valence-electron chi connectivity index (χ0n) is 15.2. The molecule has 0 radical (unpaired) electrons. The van der Waals surface area contributed by atoms with Crippen LogP contribution < -0.4 is 5.32 Å². The number of hydrogen-bond donors (Lipinski definition) is 1. The highest BCUT2D eigenvalue weighted by atomic mass is 35.5. The highest BCUT2D eigenvalue weighted by Crippen LogP contribution is 2.28. The average molecular weight is 415 g/mol. The molecule has 0 aliphatic heterocycles. The Hall–Kier alpha value is -2.70. The molecule has 0 aliphatic rings. The molecule has 1 N–H and O–H groups in total. The summed E-state index contributed by atoms with van der Waals surface area (Å²) < 4.78 is 26.5. The quantitative estimate of drug-likeness (QED) is 0.661. The second kappa shape index (κ2) is 8.54. The van der Waals surface area contributed by atoms with Crippen molar-refractivity contribution in [1.82, 2.24) is 10.3 Å². The molecule has 1 aromatic heterocycles. The van der Waals surface area contributed by atoms with Gasteiger partial charge in [-0.15, -0.1) is 0 Å². The number of sulfone groups is 1. The molecular weight excluding hydrogens is 396 g/mol. The lowest BCUT2D eigenvalue weighted by molar-refractivity contribution is 0.0954. The molecule has 0 bridgehead atoms. The van der Waals surface area contributed by atoms with E-state index < -0.39 is 21.0 Å².